The molecule has 2 nitrogen and oxygen atoms in total. The Balaban J connectivity index is 1.66. The number of rotatable bonds is 5. The number of benzene rings is 1. The van der Waals surface area contributed by atoms with Crippen LogP contribution in [0.15, 0.2) is 47.4 Å². The summed E-state index contributed by atoms with van der Waals surface area (Å²) in [6, 6.07) is 14.4. The number of halogens is 1. The van der Waals surface area contributed by atoms with E-state index in [0.717, 1.165) is 24.1 Å². The number of hydrogen-bond donors (Lipinski definition) is 0. The van der Waals surface area contributed by atoms with Crippen LogP contribution >= 0.6 is 35.1 Å². The first kappa shape index (κ1) is 16.0. The van der Waals surface area contributed by atoms with E-state index in [4.69, 9.17) is 16.3 Å². The van der Waals surface area contributed by atoms with E-state index < -0.39 is 0 Å². The first-order valence-corrected chi connectivity index (χ1v) is 9.89. The van der Waals surface area contributed by atoms with E-state index in [1.165, 1.54) is 4.90 Å². The molecule has 2 heterocycles. The lowest BCUT2D eigenvalue weighted by molar-refractivity contribution is 0.303. The molecule has 0 radical (unpaired) electrons. The second-order valence-electron chi connectivity index (χ2n) is 5.15. The van der Waals surface area contributed by atoms with E-state index in [0.29, 0.717) is 17.7 Å². The summed E-state index contributed by atoms with van der Waals surface area (Å²) in [5.41, 5.74) is 2.05. The summed E-state index contributed by atoms with van der Waals surface area (Å²) < 4.78 is 6.09. The fourth-order valence-corrected chi connectivity index (χ4v) is 4.46. The molecule has 0 saturated carbocycles. The predicted octanol–water partition coefficient (Wildman–Crippen LogP) is 5.31. The highest BCUT2D eigenvalue weighted by Crippen LogP contribution is 2.36. The van der Waals surface area contributed by atoms with Gasteiger partial charge in [0.25, 0.3) is 0 Å². The van der Waals surface area contributed by atoms with Gasteiger partial charge in [-0.3, -0.25) is 0 Å². The molecule has 1 fully saturated rings. The summed E-state index contributed by atoms with van der Waals surface area (Å²) in [6.07, 6.45) is 4.26. The normalized spacial score (nSPS) is 21.0. The summed E-state index contributed by atoms with van der Waals surface area (Å²) in [4.78, 5) is 5.86. The number of hydrogen-bond acceptors (Lipinski definition) is 4. The van der Waals surface area contributed by atoms with Gasteiger partial charge in [0.05, 0.1) is 10.4 Å². The van der Waals surface area contributed by atoms with Gasteiger partial charge in [-0.05, 0) is 37.3 Å². The third-order valence-corrected chi connectivity index (χ3v) is 6.14. The van der Waals surface area contributed by atoms with Crippen LogP contribution in [0.2, 0.25) is 0 Å². The third-order valence-electron chi connectivity index (χ3n) is 3.58. The van der Waals surface area contributed by atoms with Gasteiger partial charge in [0.2, 0.25) is 5.88 Å². The van der Waals surface area contributed by atoms with Gasteiger partial charge in [0.1, 0.15) is 6.61 Å². The maximum absolute atomic E-state index is 6.11. The molecule has 1 saturated heterocycles. The molecule has 1 aliphatic heterocycles. The lowest BCUT2D eigenvalue weighted by Crippen LogP contribution is -2.11. The zero-order valence-electron chi connectivity index (χ0n) is 12.4. The topological polar surface area (TPSA) is 22.1 Å². The van der Waals surface area contributed by atoms with E-state index >= 15 is 0 Å². The van der Waals surface area contributed by atoms with Crippen molar-refractivity contribution >= 4 is 35.1 Å². The number of pyridine rings is 1. The Labute approximate surface area is 145 Å². The van der Waals surface area contributed by atoms with Gasteiger partial charge in [-0.1, -0.05) is 18.2 Å². The Morgan fingerprint density at radius 3 is 2.73 bits per heavy atom. The molecule has 0 bridgehead atoms. The van der Waals surface area contributed by atoms with Crippen molar-refractivity contribution < 1.29 is 4.74 Å². The number of alkyl halides is 1. The van der Waals surface area contributed by atoms with Crippen LogP contribution in [0.4, 0.5) is 0 Å². The Bertz CT molecular complexity index is 620. The van der Waals surface area contributed by atoms with E-state index in [-0.39, 0.29) is 4.71 Å². The molecule has 116 valence electrons. The molecule has 2 aromatic rings. The van der Waals surface area contributed by atoms with Crippen molar-refractivity contribution in [1.29, 1.82) is 0 Å². The monoisotopic (exact) mass is 351 g/mol. The van der Waals surface area contributed by atoms with Crippen molar-refractivity contribution in [2.45, 2.75) is 27.7 Å². The van der Waals surface area contributed by atoms with Gasteiger partial charge < -0.3 is 4.74 Å². The lowest BCUT2D eigenvalue weighted by Gasteiger charge is -2.11. The Morgan fingerprint density at radius 1 is 1.23 bits per heavy atom. The second-order valence-corrected chi connectivity index (χ2v) is 8.32. The molecular weight excluding hydrogens is 334 g/mol. The Hall–Kier alpha value is -0.840. The smallest absolute Gasteiger partial charge is 0.213 e. The standard InChI is InChI=1S/C17H18ClNOS2/c1-21-13-7-5-12(6-8-13)15-3-2-4-17(19-15)20-11-14-9-10-16(18)22-14/h2-8,14,16H,9-11H2,1H3. The molecule has 3 rings (SSSR count). The summed E-state index contributed by atoms with van der Waals surface area (Å²) in [5.74, 6) is 0.685. The molecule has 0 aliphatic carbocycles. The lowest BCUT2D eigenvalue weighted by atomic mass is 10.1. The second kappa shape index (κ2) is 7.62. The van der Waals surface area contributed by atoms with Gasteiger partial charge in [0.15, 0.2) is 0 Å². The number of thioether (sulfide) groups is 2. The largest absolute Gasteiger partial charge is 0.476 e. The van der Waals surface area contributed by atoms with Crippen LogP contribution in [0.5, 0.6) is 5.88 Å². The minimum Gasteiger partial charge on any atom is -0.476 e. The summed E-state index contributed by atoms with van der Waals surface area (Å²) in [6.45, 7) is 0.676. The summed E-state index contributed by atoms with van der Waals surface area (Å²) >= 11 is 9.65. The minimum absolute atomic E-state index is 0.239. The molecular formula is C17H18ClNOS2. The molecule has 1 aromatic carbocycles. The van der Waals surface area contributed by atoms with Crippen LogP contribution in [0.25, 0.3) is 11.3 Å². The van der Waals surface area contributed by atoms with Crippen LogP contribution in [-0.2, 0) is 0 Å². The number of ether oxygens (including phenoxy) is 1. The fraction of sp³-hybridized carbons (Fsp3) is 0.353. The number of nitrogens with zero attached hydrogens (tertiary/aromatic N) is 1. The third kappa shape index (κ3) is 4.12. The first-order chi connectivity index (χ1) is 10.7. The molecule has 2 atom stereocenters. The Kier molecular flexibility index (Phi) is 5.55. The van der Waals surface area contributed by atoms with Gasteiger partial charge in [-0.2, -0.15) is 0 Å². The average molecular weight is 352 g/mol. The van der Waals surface area contributed by atoms with E-state index in [1.54, 1.807) is 23.5 Å². The first-order valence-electron chi connectivity index (χ1n) is 7.28. The zero-order valence-corrected chi connectivity index (χ0v) is 14.8. The summed E-state index contributed by atoms with van der Waals surface area (Å²) in [7, 11) is 0. The quantitative estimate of drug-likeness (QED) is 0.537. The molecule has 1 aliphatic rings. The van der Waals surface area contributed by atoms with Crippen LogP contribution < -0.4 is 4.74 Å². The van der Waals surface area contributed by atoms with E-state index in [1.807, 2.05) is 18.2 Å². The molecule has 5 heteroatoms. The van der Waals surface area contributed by atoms with Crippen molar-refractivity contribution in [3.05, 3.63) is 42.5 Å². The average Bonchev–Trinajstić information content (AvgIpc) is 2.99. The van der Waals surface area contributed by atoms with Crippen molar-refractivity contribution in [2.75, 3.05) is 12.9 Å². The van der Waals surface area contributed by atoms with Crippen LogP contribution in [0.1, 0.15) is 12.8 Å². The van der Waals surface area contributed by atoms with Gasteiger partial charge in [-0.15, -0.1) is 35.1 Å². The minimum atomic E-state index is 0.239. The number of aromatic nitrogens is 1. The van der Waals surface area contributed by atoms with E-state index in [9.17, 15) is 0 Å². The fourth-order valence-electron chi connectivity index (χ4n) is 2.38. The van der Waals surface area contributed by atoms with Crippen molar-refractivity contribution in [2.24, 2.45) is 0 Å². The highest BCUT2D eigenvalue weighted by atomic mass is 35.5. The zero-order chi connectivity index (χ0) is 15.4. The van der Waals surface area contributed by atoms with Gasteiger partial charge >= 0.3 is 0 Å². The molecule has 0 N–H and O–H groups in total. The van der Waals surface area contributed by atoms with E-state index in [2.05, 4.69) is 35.5 Å². The van der Waals surface area contributed by atoms with Gasteiger partial charge in [-0.25, -0.2) is 4.98 Å². The van der Waals surface area contributed by atoms with Crippen molar-refractivity contribution in [1.82, 2.24) is 4.98 Å². The van der Waals surface area contributed by atoms with Crippen LogP contribution in [0.3, 0.4) is 0 Å². The molecule has 22 heavy (non-hydrogen) atoms. The maximum Gasteiger partial charge on any atom is 0.213 e. The molecule has 0 spiro atoms. The van der Waals surface area contributed by atoms with Crippen molar-refractivity contribution in [3.8, 4) is 17.1 Å². The molecule has 2 unspecified atom stereocenters. The maximum atomic E-state index is 6.11. The van der Waals surface area contributed by atoms with Crippen molar-refractivity contribution in [3.63, 3.8) is 0 Å². The van der Waals surface area contributed by atoms with Crippen LogP contribution in [-0.4, -0.2) is 27.8 Å². The van der Waals surface area contributed by atoms with Crippen LogP contribution in [0, 0.1) is 0 Å². The molecule has 1 aromatic heterocycles. The summed E-state index contributed by atoms with van der Waals surface area (Å²) in [5, 5.41) is 0.480. The predicted molar refractivity (Wildman–Crippen MR) is 97.2 cm³/mol. The molecule has 0 amide bonds. The highest BCUT2D eigenvalue weighted by Gasteiger charge is 2.24. The SMILES string of the molecule is CSc1ccc(-c2cccc(OCC3CCC(Cl)S3)n2)cc1. The Morgan fingerprint density at radius 2 is 2.05 bits per heavy atom. The van der Waals surface area contributed by atoms with Gasteiger partial charge in [0, 0.05) is 21.8 Å². The highest BCUT2D eigenvalue weighted by molar-refractivity contribution is 8.01.